The summed E-state index contributed by atoms with van der Waals surface area (Å²) in [6.45, 7) is 0.967. The van der Waals surface area contributed by atoms with Crippen molar-refractivity contribution in [1.82, 2.24) is 10.2 Å². The maximum atomic E-state index is 12.7. The highest BCUT2D eigenvalue weighted by atomic mass is 16.2. The zero-order valence-corrected chi connectivity index (χ0v) is 14.2. The standard InChI is InChI=1S/C20H23N3O2/c21-20(25)22-12-10-19(24)23-13-11-16-8-4-5-9-17(16)18(23)14-15-6-2-1-3-7-15/h1-9,18H,10-14H2,(H3,21,22,25)/t18-/m0/s1. The molecule has 0 fully saturated rings. The van der Waals surface area contributed by atoms with Gasteiger partial charge in [0.25, 0.3) is 0 Å². The maximum absolute atomic E-state index is 12.7. The zero-order chi connectivity index (χ0) is 17.6. The Morgan fingerprint density at radius 3 is 2.56 bits per heavy atom. The summed E-state index contributed by atoms with van der Waals surface area (Å²) >= 11 is 0. The molecule has 0 aromatic heterocycles. The lowest BCUT2D eigenvalue weighted by Crippen LogP contribution is -2.42. The van der Waals surface area contributed by atoms with Crippen LogP contribution in [0, 0.1) is 0 Å². The number of nitrogens with one attached hydrogen (secondary N) is 1. The summed E-state index contributed by atoms with van der Waals surface area (Å²) in [6, 6.07) is 18.0. The van der Waals surface area contributed by atoms with E-state index in [1.807, 2.05) is 35.2 Å². The maximum Gasteiger partial charge on any atom is 0.312 e. The third-order valence-electron chi connectivity index (χ3n) is 4.64. The number of amides is 3. The van der Waals surface area contributed by atoms with Gasteiger partial charge in [0.2, 0.25) is 5.91 Å². The molecule has 0 spiro atoms. The molecule has 2 aromatic rings. The van der Waals surface area contributed by atoms with Crippen molar-refractivity contribution in [2.45, 2.75) is 25.3 Å². The Bertz CT molecular complexity index is 746. The third kappa shape index (κ3) is 4.18. The van der Waals surface area contributed by atoms with Gasteiger partial charge in [0.15, 0.2) is 0 Å². The number of benzene rings is 2. The number of hydrogen-bond acceptors (Lipinski definition) is 2. The molecular weight excluding hydrogens is 314 g/mol. The predicted molar refractivity (Wildman–Crippen MR) is 96.9 cm³/mol. The Labute approximate surface area is 147 Å². The van der Waals surface area contributed by atoms with E-state index >= 15 is 0 Å². The molecule has 5 heteroatoms. The molecule has 5 nitrogen and oxygen atoms in total. The summed E-state index contributed by atoms with van der Waals surface area (Å²) < 4.78 is 0. The minimum absolute atomic E-state index is 0.0217. The van der Waals surface area contributed by atoms with Crippen molar-refractivity contribution in [3.8, 4) is 0 Å². The van der Waals surface area contributed by atoms with Crippen LogP contribution in [0.5, 0.6) is 0 Å². The Morgan fingerprint density at radius 1 is 1.08 bits per heavy atom. The molecule has 3 N–H and O–H groups in total. The Kier molecular flexibility index (Phi) is 5.33. The number of hydrogen-bond donors (Lipinski definition) is 2. The van der Waals surface area contributed by atoms with Crippen LogP contribution in [0.3, 0.4) is 0 Å². The van der Waals surface area contributed by atoms with Crippen LogP contribution in [0.25, 0.3) is 0 Å². The molecular formula is C20H23N3O2. The molecule has 1 atom stereocenters. The summed E-state index contributed by atoms with van der Waals surface area (Å²) in [5.41, 5.74) is 8.81. The highest BCUT2D eigenvalue weighted by molar-refractivity contribution is 5.78. The molecule has 1 aliphatic rings. The topological polar surface area (TPSA) is 75.4 Å². The molecule has 1 heterocycles. The summed E-state index contributed by atoms with van der Waals surface area (Å²) in [5.74, 6) is 0.0455. The second kappa shape index (κ2) is 7.83. The summed E-state index contributed by atoms with van der Waals surface area (Å²) in [7, 11) is 0. The van der Waals surface area contributed by atoms with E-state index in [2.05, 4.69) is 29.6 Å². The first kappa shape index (κ1) is 17.0. The van der Waals surface area contributed by atoms with Crippen LogP contribution in [0.1, 0.15) is 29.2 Å². The molecule has 2 aromatic carbocycles. The van der Waals surface area contributed by atoms with Crippen molar-refractivity contribution in [2.75, 3.05) is 13.1 Å². The van der Waals surface area contributed by atoms with Crippen LogP contribution in [-0.4, -0.2) is 29.9 Å². The van der Waals surface area contributed by atoms with E-state index in [1.165, 1.54) is 16.7 Å². The average Bonchev–Trinajstić information content (AvgIpc) is 2.62. The van der Waals surface area contributed by atoms with Crippen molar-refractivity contribution in [3.63, 3.8) is 0 Å². The molecule has 0 unspecified atom stereocenters. The Balaban J connectivity index is 1.81. The van der Waals surface area contributed by atoms with Crippen LogP contribution >= 0.6 is 0 Å². The van der Waals surface area contributed by atoms with Crippen molar-refractivity contribution in [3.05, 3.63) is 71.3 Å². The Hall–Kier alpha value is -2.82. The van der Waals surface area contributed by atoms with Gasteiger partial charge in [-0.1, -0.05) is 54.6 Å². The first-order valence-corrected chi connectivity index (χ1v) is 8.59. The molecule has 25 heavy (non-hydrogen) atoms. The number of nitrogens with two attached hydrogens (primary N) is 1. The van der Waals surface area contributed by atoms with Gasteiger partial charge in [-0.15, -0.1) is 0 Å². The number of nitrogens with zero attached hydrogens (tertiary/aromatic N) is 1. The van der Waals surface area contributed by atoms with Gasteiger partial charge in [0, 0.05) is 19.5 Å². The van der Waals surface area contributed by atoms with Gasteiger partial charge < -0.3 is 16.0 Å². The van der Waals surface area contributed by atoms with E-state index in [4.69, 9.17) is 5.73 Å². The monoisotopic (exact) mass is 337 g/mol. The molecule has 130 valence electrons. The quantitative estimate of drug-likeness (QED) is 0.879. The second-order valence-electron chi connectivity index (χ2n) is 6.28. The molecule has 0 saturated heterocycles. The van der Waals surface area contributed by atoms with Crippen molar-refractivity contribution in [1.29, 1.82) is 0 Å². The van der Waals surface area contributed by atoms with Gasteiger partial charge >= 0.3 is 6.03 Å². The summed E-state index contributed by atoms with van der Waals surface area (Å²) in [4.78, 5) is 25.5. The normalized spacial score (nSPS) is 16.2. The van der Waals surface area contributed by atoms with Gasteiger partial charge in [-0.2, -0.15) is 0 Å². The first-order valence-electron chi connectivity index (χ1n) is 8.59. The van der Waals surface area contributed by atoms with Crippen LogP contribution < -0.4 is 11.1 Å². The average molecular weight is 337 g/mol. The van der Waals surface area contributed by atoms with Gasteiger partial charge in [-0.3, -0.25) is 4.79 Å². The SMILES string of the molecule is NC(=O)NCCC(=O)N1CCc2ccccc2[C@@H]1Cc1ccccc1. The fourth-order valence-electron chi connectivity index (χ4n) is 3.44. The lowest BCUT2D eigenvalue weighted by Gasteiger charge is -2.38. The van der Waals surface area contributed by atoms with Gasteiger partial charge in [-0.25, -0.2) is 4.79 Å². The summed E-state index contributed by atoms with van der Waals surface area (Å²) in [5, 5.41) is 2.49. The highest BCUT2D eigenvalue weighted by Crippen LogP contribution is 2.32. The van der Waals surface area contributed by atoms with E-state index in [9.17, 15) is 9.59 Å². The number of fused-ring (bicyclic) bond motifs is 1. The largest absolute Gasteiger partial charge is 0.352 e. The molecule has 0 aliphatic carbocycles. The second-order valence-corrected chi connectivity index (χ2v) is 6.28. The lowest BCUT2D eigenvalue weighted by atomic mass is 9.88. The van der Waals surface area contributed by atoms with Crippen molar-refractivity contribution in [2.24, 2.45) is 5.73 Å². The van der Waals surface area contributed by atoms with E-state index in [0.717, 1.165) is 12.8 Å². The van der Waals surface area contributed by atoms with E-state index in [-0.39, 0.29) is 24.9 Å². The number of carbonyl (C=O) groups excluding carboxylic acids is 2. The number of carbonyl (C=O) groups is 2. The molecule has 1 aliphatic heterocycles. The van der Waals surface area contributed by atoms with E-state index in [1.54, 1.807) is 0 Å². The molecule has 0 radical (unpaired) electrons. The molecule has 3 rings (SSSR count). The van der Waals surface area contributed by atoms with E-state index in [0.29, 0.717) is 6.54 Å². The predicted octanol–water partition coefficient (Wildman–Crippen LogP) is 2.41. The fraction of sp³-hybridized carbons (Fsp3) is 0.300. The van der Waals surface area contributed by atoms with E-state index < -0.39 is 6.03 Å². The third-order valence-corrected chi connectivity index (χ3v) is 4.64. The lowest BCUT2D eigenvalue weighted by molar-refractivity contribution is -0.134. The minimum Gasteiger partial charge on any atom is -0.352 e. The molecule has 3 amide bonds. The van der Waals surface area contributed by atoms with Crippen LogP contribution in [0.15, 0.2) is 54.6 Å². The first-order chi connectivity index (χ1) is 12.1. The fourth-order valence-corrected chi connectivity index (χ4v) is 3.44. The zero-order valence-electron chi connectivity index (χ0n) is 14.2. The number of rotatable bonds is 5. The number of urea groups is 1. The van der Waals surface area contributed by atoms with Gasteiger partial charge in [0.05, 0.1) is 6.04 Å². The van der Waals surface area contributed by atoms with Crippen LogP contribution in [0.2, 0.25) is 0 Å². The highest BCUT2D eigenvalue weighted by Gasteiger charge is 2.30. The van der Waals surface area contributed by atoms with Gasteiger partial charge in [0.1, 0.15) is 0 Å². The molecule has 0 bridgehead atoms. The smallest absolute Gasteiger partial charge is 0.312 e. The number of primary amides is 1. The summed E-state index contributed by atoms with van der Waals surface area (Å²) in [6.07, 6.45) is 1.90. The van der Waals surface area contributed by atoms with Crippen LogP contribution in [-0.2, 0) is 17.6 Å². The Morgan fingerprint density at radius 2 is 1.80 bits per heavy atom. The van der Waals surface area contributed by atoms with Crippen molar-refractivity contribution >= 4 is 11.9 Å². The van der Waals surface area contributed by atoms with Crippen molar-refractivity contribution < 1.29 is 9.59 Å². The minimum atomic E-state index is -0.599. The van der Waals surface area contributed by atoms with Gasteiger partial charge in [-0.05, 0) is 29.5 Å². The molecule has 0 saturated carbocycles. The van der Waals surface area contributed by atoms with Crippen LogP contribution in [0.4, 0.5) is 4.79 Å².